The highest BCUT2D eigenvalue weighted by Gasteiger charge is 2.01. The second-order valence-electron chi connectivity index (χ2n) is 5.23. The van der Waals surface area contributed by atoms with Gasteiger partial charge in [0.1, 0.15) is 11.6 Å². The lowest BCUT2D eigenvalue weighted by Crippen LogP contribution is -2.08. The fraction of sp³-hybridized carbons (Fsp3) is 0.375. The van der Waals surface area contributed by atoms with Crippen LogP contribution in [0.25, 0.3) is 0 Å². The van der Waals surface area contributed by atoms with Crippen molar-refractivity contribution < 1.29 is 4.74 Å². The van der Waals surface area contributed by atoms with Crippen LogP contribution in [0.1, 0.15) is 20.3 Å². The van der Waals surface area contributed by atoms with Gasteiger partial charge in [-0.05, 0) is 30.5 Å². The summed E-state index contributed by atoms with van der Waals surface area (Å²) in [5, 5.41) is 6.48. The minimum atomic E-state index is 0.642. The zero-order valence-electron chi connectivity index (χ0n) is 12.8. The van der Waals surface area contributed by atoms with E-state index >= 15 is 0 Å². The minimum absolute atomic E-state index is 0.642. The molecule has 0 unspecified atom stereocenters. The van der Waals surface area contributed by atoms with Crippen molar-refractivity contribution in [2.45, 2.75) is 20.3 Å². The van der Waals surface area contributed by atoms with Gasteiger partial charge in [0.2, 0.25) is 5.95 Å². The lowest BCUT2D eigenvalue weighted by atomic mass is 10.1. The molecule has 0 bridgehead atoms. The average molecular weight is 286 g/mol. The molecule has 2 rings (SSSR count). The summed E-state index contributed by atoms with van der Waals surface area (Å²) in [7, 11) is 1.65. The third-order valence-electron chi connectivity index (χ3n) is 3.00. The summed E-state index contributed by atoms with van der Waals surface area (Å²) in [4.78, 5) is 8.67. The van der Waals surface area contributed by atoms with Crippen LogP contribution in [0.5, 0.6) is 5.75 Å². The van der Waals surface area contributed by atoms with Gasteiger partial charge < -0.3 is 15.4 Å². The van der Waals surface area contributed by atoms with Gasteiger partial charge >= 0.3 is 0 Å². The molecule has 0 amide bonds. The second-order valence-corrected chi connectivity index (χ2v) is 5.23. The summed E-state index contributed by atoms with van der Waals surface area (Å²) >= 11 is 0. The average Bonchev–Trinajstić information content (AvgIpc) is 2.47. The molecule has 0 saturated heterocycles. The fourth-order valence-electron chi connectivity index (χ4n) is 1.83. The first kappa shape index (κ1) is 15.1. The van der Waals surface area contributed by atoms with Crippen LogP contribution in [0.3, 0.4) is 0 Å². The van der Waals surface area contributed by atoms with E-state index in [9.17, 15) is 0 Å². The number of rotatable bonds is 7. The number of nitrogens with zero attached hydrogens (tertiary/aromatic N) is 2. The van der Waals surface area contributed by atoms with Crippen LogP contribution in [0, 0.1) is 5.92 Å². The first-order chi connectivity index (χ1) is 10.2. The standard InChI is InChI=1S/C16H22N4O/c1-12(2)7-9-17-16-18-10-8-15(20-16)19-13-5-4-6-14(11-13)21-3/h4-6,8,10-12H,7,9H2,1-3H3,(H2,17,18,19,20). The van der Waals surface area contributed by atoms with Gasteiger partial charge in [-0.15, -0.1) is 0 Å². The van der Waals surface area contributed by atoms with E-state index in [-0.39, 0.29) is 0 Å². The van der Waals surface area contributed by atoms with Crippen molar-refractivity contribution in [2.75, 3.05) is 24.3 Å². The van der Waals surface area contributed by atoms with E-state index < -0.39 is 0 Å². The normalized spacial score (nSPS) is 10.5. The third kappa shape index (κ3) is 4.95. The Morgan fingerprint density at radius 2 is 2.10 bits per heavy atom. The van der Waals surface area contributed by atoms with Gasteiger partial charge in [-0.3, -0.25) is 0 Å². The highest BCUT2D eigenvalue weighted by atomic mass is 16.5. The Bertz CT molecular complexity index is 572. The summed E-state index contributed by atoms with van der Waals surface area (Å²) < 4.78 is 5.21. The maximum atomic E-state index is 5.21. The van der Waals surface area contributed by atoms with E-state index in [2.05, 4.69) is 34.4 Å². The van der Waals surface area contributed by atoms with E-state index in [1.54, 1.807) is 13.3 Å². The Morgan fingerprint density at radius 1 is 1.24 bits per heavy atom. The van der Waals surface area contributed by atoms with E-state index in [1.165, 1.54) is 0 Å². The van der Waals surface area contributed by atoms with Gasteiger partial charge in [-0.25, -0.2) is 4.98 Å². The highest BCUT2D eigenvalue weighted by molar-refractivity contribution is 5.58. The topological polar surface area (TPSA) is 59.1 Å². The number of ether oxygens (including phenoxy) is 1. The van der Waals surface area contributed by atoms with Crippen molar-refractivity contribution in [2.24, 2.45) is 5.92 Å². The number of anilines is 3. The van der Waals surface area contributed by atoms with Crippen molar-refractivity contribution in [3.8, 4) is 5.75 Å². The molecule has 5 nitrogen and oxygen atoms in total. The highest BCUT2D eigenvalue weighted by Crippen LogP contribution is 2.20. The molecule has 0 aliphatic carbocycles. The third-order valence-corrected chi connectivity index (χ3v) is 3.00. The quantitative estimate of drug-likeness (QED) is 0.813. The lowest BCUT2D eigenvalue weighted by molar-refractivity contribution is 0.415. The molecule has 112 valence electrons. The minimum Gasteiger partial charge on any atom is -0.497 e. The molecule has 0 aliphatic rings. The molecule has 1 heterocycles. The predicted octanol–water partition coefficient (Wildman–Crippen LogP) is 3.69. The van der Waals surface area contributed by atoms with E-state index in [4.69, 9.17) is 4.74 Å². The Hall–Kier alpha value is -2.30. The van der Waals surface area contributed by atoms with Crippen molar-refractivity contribution in [1.82, 2.24) is 9.97 Å². The smallest absolute Gasteiger partial charge is 0.224 e. The molecule has 0 fully saturated rings. The number of nitrogens with one attached hydrogen (secondary N) is 2. The molecule has 0 atom stereocenters. The van der Waals surface area contributed by atoms with Gasteiger partial charge in [0.25, 0.3) is 0 Å². The molecule has 2 aromatic rings. The summed E-state index contributed by atoms with van der Waals surface area (Å²) in [6.07, 6.45) is 2.84. The van der Waals surface area contributed by atoms with Crippen LogP contribution in [0.2, 0.25) is 0 Å². The van der Waals surface area contributed by atoms with Crippen molar-refractivity contribution in [3.63, 3.8) is 0 Å². The van der Waals surface area contributed by atoms with Crippen LogP contribution in [-0.2, 0) is 0 Å². The predicted molar refractivity (Wildman–Crippen MR) is 86.3 cm³/mol. The van der Waals surface area contributed by atoms with Gasteiger partial charge in [0.05, 0.1) is 7.11 Å². The van der Waals surface area contributed by atoms with Crippen LogP contribution in [0.4, 0.5) is 17.5 Å². The second kappa shape index (κ2) is 7.47. The number of hydrogen-bond acceptors (Lipinski definition) is 5. The zero-order valence-corrected chi connectivity index (χ0v) is 12.8. The van der Waals surface area contributed by atoms with Crippen LogP contribution in [0.15, 0.2) is 36.5 Å². The van der Waals surface area contributed by atoms with E-state index in [0.717, 1.165) is 30.2 Å². The first-order valence-corrected chi connectivity index (χ1v) is 7.15. The van der Waals surface area contributed by atoms with Gasteiger partial charge in [-0.2, -0.15) is 4.98 Å². The maximum absolute atomic E-state index is 5.21. The molecule has 21 heavy (non-hydrogen) atoms. The van der Waals surface area contributed by atoms with E-state index in [1.807, 2.05) is 30.3 Å². The maximum Gasteiger partial charge on any atom is 0.224 e. The Morgan fingerprint density at radius 3 is 2.86 bits per heavy atom. The molecule has 2 N–H and O–H groups in total. The molecule has 0 spiro atoms. The first-order valence-electron chi connectivity index (χ1n) is 7.15. The molecule has 0 aliphatic heterocycles. The van der Waals surface area contributed by atoms with Crippen molar-refractivity contribution in [3.05, 3.63) is 36.5 Å². The van der Waals surface area contributed by atoms with Crippen LogP contribution < -0.4 is 15.4 Å². The van der Waals surface area contributed by atoms with Gasteiger partial charge in [0, 0.05) is 24.5 Å². The SMILES string of the molecule is COc1cccc(Nc2ccnc(NCCC(C)C)n2)c1. The Balaban J connectivity index is 1.99. The molecular weight excluding hydrogens is 264 g/mol. The van der Waals surface area contributed by atoms with E-state index in [0.29, 0.717) is 11.9 Å². The van der Waals surface area contributed by atoms with Crippen LogP contribution in [-0.4, -0.2) is 23.6 Å². The summed E-state index contributed by atoms with van der Waals surface area (Å²) in [5.74, 6) is 2.87. The molecule has 0 radical (unpaired) electrons. The van der Waals surface area contributed by atoms with Gasteiger partial charge in [0.15, 0.2) is 0 Å². The Labute approximate surface area is 125 Å². The van der Waals surface area contributed by atoms with Crippen molar-refractivity contribution in [1.29, 1.82) is 0 Å². The monoisotopic (exact) mass is 286 g/mol. The van der Waals surface area contributed by atoms with Crippen LogP contribution >= 0.6 is 0 Å². The molecule has 5 heteroatoms. The summed E-state index contributed by atoms with van der Waals surface area (Å²) in [6, 6.07) is 9.58. The molecule has 1 aromatic heterocycles. The molecule has 1 aromatic carbocycles. The number of methoxy groups -OCH3 is 1. The number of benzene rings is 1. The lowest BCUT2D eigenvalue weighted by Gasteiger charge is -2.10. The van der Waals surface area contributed by atoms with Gasteiger partial charge in [-0.1, -0.05) is 19.9 Å². The Kier molecular flexibility index (Phi) is 5.37. The number of hydrogen-bond donors (Lipinski definition) is 2. The summed E-state index contributed by atoms with van der Waals surface area (Å²) in [6.45, 7) is 5.27. The molecule has 0 saturated carbocycles. The molecular formula is C16H22N4O. The largest absolute Gasteiger partial charge is 0.497 e. The zero-order chi connectivity index (χ0) is 15.1. The fourth-order valence-corrected chi connectivity index (χ4v) is 1.83. The number of aromatic nitrogens is 2. The summed E-state index contributed by atoms with van der Waals surface area (Å²) in [5.41, 5.74) is 0.932. The van der Waals surface area contributed by atoms with Crippen molar-refractivity contribution >= 4 is 17.5 Å².